The van der Waals surface area contributed by atoms with E-state index in [2.05, 4.69) is 14.7 Å². The second kappa shape index (κ2) is 5.35. The molecule has 0 atom stereocenters. The van der Waals surface area contributed by atoms with Crippen molar-refractivity contribution in [3.63, 3.8) is 0 Å². The van der Waals surface area contributed by atoms with E-state index in [1.54, 1.807) is 24.3 Å². The van der Waals surface area contributed by atoms with Crippen LogP contribution in [-0.4, -0.2) is 27.6 Å². The first kappa shape index (κ1) is 13.9. The minimum absolute atomic E-state index is 0.0821. The molecule has 5 nitrogen and oxygen atoms in total. The molecule has 0 fully saturated rings. The van der Waals surface area contributed by atoms with E-state index in [9.17, 15) is 4.79 Å². The zero-order valence-electron chi connectivity index (χ0n) is 10.9. The third kappa shape index (κ3) is 2.46. The van der Waals surface area contributed by atoms with Crippen molar-refractivity contribution < 1.29 is 9.53 Å². The van der Waals surface area contributed by atoms with E-state index in [0.717, 1.165) is 5.69 Å². The number of fused-ring (bicyclic) bond motifs is 1. The van der Waals surface area contributed by atoms with Crippen molar-refractivity contribution in [2.75, 3.05) is 7.11 Å². The van der Waals surface area contributed by atoms with E-state index in [-0.39, 0.29) is 11.3 Å². The number of rotatable bonds is 2. The van der Waals surface area contributed by atoms with Crippen LogP contribution in [0.3, 0.4) is 0 Å². The summed E-state index contributed by atoms with van der Waals surface area (Å²) in [5, 5.41) is 1.09. The molecule has 21 heavy (non-hydrogen) atoms. The van der Waals surface area contributed by atoms with Gasteiger partial charge in [0.05, 0.1) is 18.1 Å². The molecular formula is C14H9Cl2N3O2. The van der Waals surface area contributed by atoms with E-state index >= 15 is 0 Å². The summed E-state index contributed by atoms with van der Waals surface area (Å²) in [5.74, 6) is -0.382. The number of nitrogens with zero attached hydrogens (tertiary/aromatic N) is 3. The molecule has 0 aliphatic rings. The van der Waals surface area contributed by atoms with Crippen LogP contribution in [0.5, 0.6) is 0 Å². The van der Waals surface area contributed by atoms with Gasteiger partial charge in [0.15, 0.2) is 5.65 Å². The van der Waals surface area contributed by atoms with Crippen molar-refractivity contribution in [3.05, 3.63) is 52.5 Å². The van der Waals surface area contributed by atoms with Crippen LogP contribution in [0.25, 0.3) is 16.7 Å². The first-order valence-corrected chi connectivity index (χ1v) is 6.74. The summed E-state index contributed by atoms with van der Waals surface area (Å²) >= 11 is 11.9. The second-order valence-electron chi connectivity index (χ2n) is 4.24. The Balaban J connectivity index is 2.10. The fourth-order valence-electron chi connectivity index (χ4n) is 2.04. The fourth-order valence-corrected chi connectivity index (χ4v) is 2.47. The average molecular weight is 322 g/mol. The predicted molar refractivity (Wildman–Crippen MR) is 80.2 cm³/mol. The number of esters is 1. The number of aromatic nitrogens is 3. The van der Waals surface area contributed by atoms with Crippen LogP contribution >= 0.6 is 23.2 Å². The van der Waals surface area contributed by atoms with Gasteiger partial charge in [-0.05, 0) is 41.9 Å². The van der Waals surface area contributed by atoms with Gasteiger partial charge in [-0.2, -0.15) is 4.98 Å². The van der Waals surface area contributed by atoms with E-state index < -0.39 is 0 Å². The van der Waals surface area contributed by atoms with Crippen molar-refractivity contribution in [2.24, 2.45) is 0 Å². The number of ether oxygens (including phenoxy) is 1. The first-order chi connectivity index (χ1) is 10.1. The minimum atomic E-state index is -0.382. The summed E-state index contributed by atoms with van der Waals surface area (Å²) in [6, 6.07) is 8.74. The Kier molecular flexibility index (Phi) is 3.53. The van der Waals surface area contributed by atoms with Crippen molar-refractivity contribution in [2.45, 2.75) is 0 Å². The van der Waals surface area contributed by atoms with Crippen LogP contribution in [0.1, 0.15) is 10.4 Å². The Bertz CT molecular complexity index is 828. The van der Waals surface area contributed by atoms with Crippen LogP contribution in [0, 0.1) is 0 Å². The number of carbonyl (C=O) groups is 1. The van der Waals surface area contributed by atoms with E-state index in [1.165, 1.54) is 7.11 Å². The number of benzene rings is 1. The topological polar surface area (TPSA) is 57.0 Å². The summed E-state index contributed by atoms with van der Waals surface area (Å²) in [6.07, 6.45) is 1.81. The van der Waals surface area contributed by atoms with Crippen molar-refractivity contribution in [1.29, 1.82) is 0 Å². The van der Waals surface area contributed by atoms with Gasteiger partial charge in [0.1, 0.15) is 5.15 Å². The highest BCUT2D eigenvalue weighted by Crippen LogP contribution is 2.25. The molecule has 106 valence electrons. The number of carbonyl (C=O) groups excluding carboxylic acids is 1. The highest BCUT2D eigenvalue weighted by Gasteiger charge is 2.11. The standard InChI is InChI=1S/C14H9Cl2N3O2/c1-21-13(20)8-2-4-9(5-3-8)19-7-6-10-11(15)17-14(16)18-12(10)19/h2-7H,1H3. The van der Waals surface area contributed by atoms with Crippen LogP contribution in [-0.2, 0) is 4.74 Å². The second-order valence-corrected chi connectivity index (χ2v) is 4.94. The zero-order valence-corrected chi connectivity index (χ0v) is 12.4. The highest BCUT2D eigenvalue weighted by atomic mass is 35.5. The van der Waals surface area contributed by atoms with Crippen molar-refractivity contribution >= 4 is 40.2 Å². The van der Waals surface area contributed by atoms with Gasteiger partial charge < -0.3 is 9.30 Å². The van der Waals surface area contributed by atoms with Crippen molar-refractivity contribution in [1.82, 2.24) is 14.5 Å². The minimum Gasteiger partial charge on any atom is -0.465 e. The molecule has 2 aromatic heterocycles. The van der Waals surface area contributed by atoms with Crippen molar-refractivity contribution in [3.8, 4) is 5.69 Å². The third-order valence-corrected chi connectivity index (χ3v) is 3.49. The average Bonchev–Trinajstić information content (AvgIpc) is 2.90. The lowest BCUT2D eigenvalue weighted by atomic mass is 10.2. The zero-order chi connectivity index (χ0) is 15.0. The monoisotopic (exact) mass is 321 g/mol. The molecule has 0 aliphatic carbocycles. The predicted octanol–water partition coefficient (Wildman–Crippen LogP) is 3.51. The van der Waals surface area contributed by atoms with Gasteiger partial charge in [-0.15, -0.1) is 0 Å². The first-order valence-electron chi connectivity index (χ1n) is 5.99. The smallest absolute Gasteiger partial charge is 0.337 e. The number of methoxy groups -OCH3 is 1. The Morgan fingerprint density at radius 2 is 1.86 bits per heavy atom. The summed E-state index contributed by atoms with van der Waals surface area (Å²) < 4.78 is 6.48. The van der Waals surface area contributed by atoms with E-state index in [1.807, 2.05) is 16.8 Å². The van der Waals surface area contributed by atoms with Gasteiger partial charge in [-0.25, -0.2) is 9.78 Å². The molecule has 3 aromatic rings. The molecule has 0 amide bonds. The Morgan fingerprint density at radius 3 is 2.52 bits per heavy atom. The molecule has 0 saturated carbocycles. The maximum Gasteiger partial charge on any atom is 0.337 e. The van der Waals surface area contributed by atoms with Gasteiger partial charge in [0.25, 0.3) is 0 Å². The molecule has 0 saturated heterocycles. The van der Waals surface area contributed by atoms with E-state index in [0.29, 0.717) is 21.7 Å². The summed E-state index contributed by atoms with van der Waals surface area (Å²) in [4.78, 5) is 19.5. The quantitative estimate of drug-likeness (QED) is 0.411. The normalized spacial score (nSPS) is 10.8. The molecule has 0 radical (unpaired) electrons. The molecule has 0 N–H and O–H groups in total. The lowest BCUT2D eigenvalue weighted by Crippen LogP contribution is -2.01. The van der Waals surface area contributed by atoms with Gasteiger partial charge in [-0.3, -0.25) is 0 Å². The third-order valence-electron chi connectivity index (χ3n) is 3.04. The highest BCUT2D eigenvalue weighted by molar-refractivity contribution is 6.35. The molecule has 3 rings (SSSR count). The van der Waals surface area contributed by atoms with Crippen LogP contribution in [0.4, 0.5) is 0 Å². The van der Waals surface area contributed by atoms with Gasteiger partial charge in [0, 0.05) is 11.9 Å². The van der Waals surface area contributed by atoms with Crippen LogP contribution in [0.2, 0.25) is 10.4 Å². The van der Waals surface area contributed by atoms with Gasteiger partial charge >= 0.3 is 5.97 Å². The van der Waals surface area contributed by atoms with E-state index in [4.69, 9.17) is 23.2 Å². The maximum atomic E-state index is 11.4. The lowest BCUT2D eigenvalue weighted by molar-refractivity contribution is 0.0601. The Labute approximate surface area is 130 Å². The van der Waals surface area contributed by atoms with Crippen LogP contribution < -0.4 is 0 Å². The Hall–Kier alpha value is -2.11. The molecule has 0 aliphatic heterocycles. The largest absolute Gasteiger partial charge is 0.465 e. The molecule has 7 heteroatoms. The SMILES string of the molecule is COC(=O)c1ccc(-n2ccc3c(Cl)nc(Cl)nc32)cc1. The summed E-state index contributed by atoms with van der Waals surface area (Å²) in [6.45, 7) is 0. The Morgan fingerprint density at radius 1 is 1.14 bits per heavy atom. The number of hydrogen-bond acceptors (Lipinski definition) is 4. The molecular weight excluding hydrogens is 313 g/mol. The fraction of sp³-hybridized carbons (Fsp3) is 0.0714. The number of hydrogen-bond donors (Lipinski definition) is 0. The molecule has 0 spiro atoms. The summed E-state index contributed by atoms with van der Waals surface area (Å²) in [7, 11) is 1.34. The molecule has 0 unspecified atom stereocenters. The molecule has 1 aromatic carbocycles. The van der Waals surface area contributed by atoms with Crippen LogP contribution in [0.15, 0.2) is 36.5 Å². The lowest BCUT2D eigenvalue weighted by Gasteiger charge is -2.06. The number of halogens is 2. The molecule has 0 bridgehead atoms. The molecule has 2 heterocycles. The maximum absolute atomic E-state index is 11.4. The van der Waals surface area contributed by atoms with Gasteiger partial charge in [0.2, 0.25) is 5.28 Å². The summed E-state index contributed by atoms with van der Waals surface area (Å²) in [5.41, 5.74) is 1.90. The van der Waals surface area contributed by atoms with Gasteiger partial charge in [-0.1, -0.05) is 11.6 Å².